The van der Waals surface area contributed by atoms with Crippen molar-refractivity contribution in [3.05, 3.63) is 60.7 Å². The van der Waals surface area contributed by atoms with E-state index >= 15 is 0 Å². The van der Waals surface area contributed by atoms with Crippen LogP contribution in [0, 0.1) is 5.82 Å². The Balaban J connectivity index is 2.12. The van der Waals surface area contributed by atoms with Crippen LogP contribution < -0.4 is 5.73 Å². The van der Waals surface area contributed by atoms with E-state index in [0.29, 0.717) is 0 Å². The average molecular weight is 552 g/mol. The SMILES string of the molecule is C[C@H](N(OC(=O)C(F)(F)F)S(=O)(=O)c1ccccc1-c1ccc(-c2cnc(N)nc2)c(F)c1)C(F)(F)F. The summed E-state index contributed by atoms with van der Waals surface area (Å²) >= 11 is 0. The molecule has 0 aliphatic carbocycles. The van der Waals surface area contributed by atoms with E-state index in [2.05, 4.69) is 14.8 Å². The number of alkyl halides is 6. The standard InChI is InChI=1S/C21H15F7N4O4S/c1-11(20(23,24)25)32(36-18(33)21(26,27)28)37(34,35)17-5-3-2-4-15(17)12-6-7-14(16(22)8-12)13-9-30-19(29)31-10-13/h2-11H,1H3,(H2,29,30,31)/t11-/m0/s1. The van der Waals surface area contributed by atoms with E-state index in [0.717, 1.165) is 24.3 Å². The molecule has 0 aliphatic rings. The first-order chi connectivity index (χ1) is 17.0. The molecule has 0 spiro atoms. The van der Waals surface area contributed by atoms with Gasteiger partial charge in [0.25, 0.3) is 10.0 Å². The van der Waals surface area contributed by atoms with Gasteiger partial charge in [-0.15, -0.1) is 0 Å². The zero-order valence-corrected chi connectivity index (χ0v) is 19.2. The van der Waals surface area contributed by atoms with Crippen molar-refractivity contribution in [2.24, 2.45) is 0 Å². The topological polar surface area (TPSA) is 115 Å². The predicted molar refractivity (Wildman–Crippen MR) is 114 cm³/mol. The lowest BCUT2D eigenvalue weighted by molar-refractivity contribution is -0.253. The lowest BCUT2D eigenvalue weighted by atomic mass is 10.0. The Hall–Kier alpha value is -3.79. The maximum absolute atomic E-state index is 14.9. The molecule has 16 heteroatoms. The summed E-state index contributed by atoms with van der Waals surface area (Å²) in [6.45, 7) is 0.187. The first-order valence-corrected chi connectivity index (χ1v) is 11.3. The summed E-state index contributed by atoms with van der Waals surface area (Å²) in [5.74, 6) is -4.18. The quantitative estimate of drug-likeness (QED) is 0.354. The van der Waals surface area contributed by atoms with E-state index in [1.54, 1.807) is 0 Å². The maximum Gasteiger partial charge on any atom is 0.492 e. The number of carbonyl (C=O) groups is 1. The van der Waals surface area contributed by atoms with E-state index in [1.807, 2.05) is 0 Å². The fraction of sp³-hybridized carbons (Fsp3) is 0.190. The van der Waals surface area contributed by atoms with E-state index in [9.17, 15) is 43.9 Å². The summed E-state index contributed by atoms with van der Waals surface area (Å²) in [4.78, 5) is 21.4. The van der Waals surface area contributed by atoms with Crippen molar-refractivity contribution < 1.29 is 48.8 Å². The monoisotopic (exact) mass is 552 g/mol. The van der Waals surface area contributed by atoms with Gasteiger partial charge in [0.2, 0.25) is 5.95 Å². The molecular formula is C21H15F7N4O4S. The number of hydroxylamine groups is 1. The van der Waals surface area contributed by atoms with Crippen LogP contribution in [0.2, 0.25) is 0 Å². The van der Waals surface area contributed by atoms with E-state index < -0.39 is 49.6 Å². The number of rotatable bonds is 6. The summed E-state index contributed by atoms with van der Waals surface area (Å²) in [6.07, 6.45) is -8.80. The van der Waals surface area contributed by atoms with E-state index in [-0.39, 0.29) is 35.1 Å². The number of nitrogen functional groups attached to an aromatic ring is 1. The van der Waals surface area contributed by atoms with E-state index in [4.69, 9.17) is 5.73 Å². The van der Waals surface area contributed by atoms with Gasteiger partial charge in [-0.3, -0.25) is 0 Å². The summed E-state index contributed by atoms with van der Waals surface area (Å²) in [5, 5.41) is 0. The zero-order valence-electron chi connectivity index (χ0n) is 18.4. The molecule has 1 aromatic heterocycles. The molecule has 0 unspecified atom stereocenters. The molecule has 3 aromatic rings. The third-order valence-electron chi connectivity index (χ3n) is 4.86. The average Bonchev–Trinajstić information content (AvgIpc) is 2.81. The lowest BCUT2D eigenvalue weighted by Crippen LogP contribution is -2.49. The molecule has 37 heavy (non-hydrogen) atoms. The highest BCUT2D eigenvalue weighted by molar-refractivity contribution is 7.89. The Morgan fingerprint density at radius 1 is 0.973 bits per heavy atom. The second-order valence-electron chi connectivity index (χ2n) is 7.38. The summed E-state index contributed by atoms with van der Waals surface area (Å²) < 4.78 is 118. The number of anilines is 1. The molecule has 1 heterocycles. The van der Waals surface area contributed by atoms with Crippen LogP contribution in [0.4, 0.5) is 36.7 Å². The third-order valence-corrected chi connectivity index (χ3v) is 6.64. The Labute approximate surface area is 204 Å². The van der Waals surface area contributed by atoms with Crippen molar-refractivity contribution in [2.45, 2.75) is 30.2 Å². The van der Waals surface area contributed by atoms with Gasteiger partial charge in [-0.2, -0.15) is 26.3 Å². The molecule has 0 saturated carbocycles. The molecule has 0 fully saturated rings. The fourth-order valence-corrected chi connectivity index (χ4v) is 4.62. The molecule has 0 aliphatic heterocycles. The molecule has 198 valence electrons. The van der Waals surface area contributed by atoms with Gasteiger partial charge < -0.3 is 10.6 Å². The maximum atomic E-state index is 14.9. The van der Waals surface area contributed by atoms with Crippen LogP contribution in [0.1, 0.15) is 6.92 Å². The van der Waals surface area contributed by atoms with E-state index in [1.165, 1.54) is 30.6 Å². The molecule has 0 radical (unpaired) electrons. The first kappa shape index (κ1) is 27.8. The molecular weight excluding hydrogens is 537 g/mol. The van der Waals surface area contributed by atoms with Crippen molar-refractivity contribution in [3.63, 3.8) is 0 Å². The third kappa shape index (κ3) is 5.96. The van der Waals surface area contributed by atoms with Gasteiger partial charge in [-0.25, -0.2) is 27.6 Å². The van der Waals surface area contributed by atoms with Crippen molar-refractivity contribution in [1.82, 2.24) is 14.4 Å². The number of nitrogens with zero attached hydrogens (tertiary/aromatic N) is 3. The summed E-state index contributed by atoms with van der Waals surface area (Å²) in [7, 11) is -5.58. The molecule has 1 atom stereocenters. The van der Waals surface area contributed by atoms with Gasteiger partial charge in [-0.1, -0.05) is 30.3 Å². The second kappa shape index (κ2) is 9.93. The van der Waals surface area contributed by atoms with Gasteiger partial charge >= 0.3 is 18.3 Å². The van der Waals surface area contributed by atoms with Crippen molar-refractivity contribution in [1.29, 1.82) is 0 Å². The Kier molecular flexibility index (Phi) is 7.46. The number of hydrogen-bond donors (Lipinski definition) is 1. The van der Waals surface area contributed by atoms with Crippen LogP contribution in [0.3, 0.4) is 0 Å². The minimum absolute atomic E-state index is 0.0319. The lowest BCUT2D eigenvalue weighted by Gasteiger charge is -2.28. The Bertz CT molecular complexity index is 1410. The van der Waals surface area contributed by atoms with Gasteiger partial charge in [-0.05, 0) is 29.1 Å². The van der Waals surface area contributed by atoms with Gasteiger partial charge in [0.1, 0.15) is 5.82 Å². The number of aromatic nitrogens is 2. The number of nitrogens with two attached hydrogens (primary N) is 1. The van der Waals surface area contributed by atoms with Gasteiger partial charge in [0.15, 0.2) is 6.04 Å². The normalized spacial score (nSPS) is 13.4. The number of carbonyl (C=O) groups excluding carboxylic acids is 1. The molecule has 8 nitrogen and oxygen atoms in total. The first-order valence-electron chi connectivity index (χ1n) is 9.90. The molecule has 2 aromatic carbocycles. The molecule has 3 rings (SSSR count). The highest BCUT2D eigenvalue weighted by atomic mass is 32.2. The van der Waals surface area contributed by atoms with Crippen LogP contribution in [0.25, 0.3) is 22.3 Å². The summed E-state index contributed by atoms with van der Waals surface area (Å²) in [5.41, 5.74) is 5.00. The van der Waals surface area contributed by atoms with Crippen molar-refractivity contribution in [3.8, 4) is 22.3 Å². The fourth-order valence-electron chi connectivity index (χ4n) is 3.01. The Morgan fingerprint density at radius 3 is 2.11 bits per heavy atom. The number of sulfonamides is 1. The highest BCUT2D eigenvalue weighted by Crippen LogP contribution is 2.36. The van der Waals surface area contributed by atoms with Crippen LogP contribution in [0.5, 0.6) is 0 Å². The molecule has 2 N–H and O–H groups in total. The largest absolute Gasteiger partial charge is 0.492 e. The van der Waals surface area contributed by atoms with Crippen molar-refractivity contribution >= 4 is 21.9 Å². The van der Waals surface area contributed by atoms with Gasteiger partial charge in [0.05, 0.1) is 4.90 Å². The predicted octanol–water partition coefficient (Wildman–Crippen LogP) is 4.49. The molecule has 0 bridgehead atoms. The minimum Gasteiger partial charge on any atom is -0.368 e. The van der Waals surface area contributed by atoms with Crippen LogP contribution in [-0.4, -0.2) is 47.2 Å². The summed E-state index contributed by atoms with van der Waals surface area (Å²) in [6, 6.07) is 4.21. The molecule has 0 amide bonds. The highest BCUT2D eigenvalue weighted by Gasteiger charge is 2.52. The number of benzene rings is 2. The van der Waals surface area contributed by atoms with Crippen LogP contribution in [0.15, 0.2) is 59.8 Å². The Morgan fingerprint density at radius 2 is 1.57 bits per heavy atom. The molecule has 0 saturated heterocycles. The second-order valence-corrected chi connectivity index (χ2v) is 9.13. The number of halogens is 7. The smallest absolute Gasteiger partial charge is 0.368 e. The number of hydrogen-bond acceptors (Lipinski definition) is 7. The van der Waals surface area contributed by atoms with Crippen LogP contribution >= 0.6 is 0 Å². The van der Waals surface area contributed by atoms with Crippen molar-refractivity contribution in [2.75, 3.05) is 5.73 Å². The zero-order chi connectivity index (χ0) is 27.8. The van der Waals surface area contributed by atoms with Crippen LogP contribution in [-0.2, 0) is 19.7 Å². The minimum atomic E-state index is -5.80. The van der Waals surface area contributed by atoms with Gasteiger partial charge in [0, 0.05) is 29.1 Å².